The van der Waals surface area contributed by atoms with E-state index in [0.29, 0.717) is 36.9 Å². The highest BCUT2D eigenvalue weighted by molar-refractivity contribution is 7.09. The molecule has 6 heteroatoms. The SMILES string of the molecule is Cc1sc(=O)n(Cc2cc3c(cc2N)OCCO3)c1C. The lowest BCUT2D eigenvalue weighted by molar-refractivity contribution is 0.171. The Morgan fingerprint density at radius 1 is 1.25 bits per heavy atom. The molecule has 0 radical (unpaired) electrons. The van der Waals surface area contributed by atoms with E-state index >= 15 is 0 Å². The zero-order chi connectivity index (χ0) is 14.3. The number of aryl methyl sites for hydroxylation is 1. The highest BCUT2D eigenvalue weighted by Crippen LogP contribution is 2.34. The van der Waals surface area contributed by atoms with Gasteiger partial charge in [0.05, 0.1) is 6.54 Å². The second kappa shape index (κ2) is 4.86. The van der Waals surface area contributed by atoms with Crippen LogP contribution in [0.3, 0.4) is 0 Å². The molecule has 0 saturated heterocycles. The Morgan fingerprint density at radius 2 is 1.90 bits per heavy atom. The van der Waals surface area contributed by atoms with Crippen LogP contribution in [0.25, 0.3) is 0 Å². The summed E-state index contributed by atoms with van der Waals surface area (Å²) in [5.41, 5.74) is 8.52. The highest BCUT2D eigenvalue weighted by Gasteiger charge is 2.16. The van der Waals surface area contributed by atoms with Gasteiger partial charge in [0.1, 0.15) is 13.2 Å². The molecule has 5 nitrogen and oxygen atoms in total. The lowest BCUT2D eigenvalue weighted by Gasteiger charge is -2.20. The number of thiazole rings is 1. The minimum Gasteiger partial charge on any atom is -0.486 e. The van der Waals surface area contributed by atoms with Gasteiger partial charge < -0.3 is 15.2 Å². The standard InChI is InChI=1S/C14H16N2O3S/c1-8-9(2)20-14(17)16(8)7-10-5-12-13(6-11(10)15)19-4-3-18-12/h5-6H,3-4,7,15H2,1-2H3. The van der Waals surface area contributed by atoms with Gasteiger partial charge in [-0.15, -0.1) is 0 Å². The maximum atomic E-state index is 11.9. The Kier molecular flexibility index (Phi) is 3.17. The maximum Gasteiger partial charge on any atom is 0.307 e. The predicted molar refractivity (Wildman–Crippen MR) is 79.0 cm³/mol. The summed E-state index contributed by atoms with van der Waals surface area (Å²) in [6.45, 7) is 5.42. The molecular formula is C14H16N2O3S. The summed E-state index contributed by atoms with van der Waals surface area (Å²) in [7, 11) is 0. The summed E-state index contributed by atoms with van der Waals surface area (Å²) in [4.78, 5) is 13.0. The van der Waals surface area contributed by atoms with Crippen LogP contribution in [0, 0.1) is 13.8 Å². The summed E-state index contributed by atoms with van der Waals surface area (Å²) >= 11 is 1.26. The van der Waals surface area contributed by atoms with Gasteiger partial charge in [-0.3, -0.25) is 9.36 Å². The van der Waals surface area contributed by atoms with Crippen molar-refractivity contribution in [1.29, 1.82) is 0 Å². The number of benzene rings is 1. The first kappa shape index (κ1) is 13.1. The summed E-state index contributed by atoms with van der Waals surface area (Å²) in [6, 6.07) is 3.63. The molecule has 2 heterocycles. The molecule has 0 atom stereocenters. The molecule has 0 aliphatic carbocycles. The van der Waals surface area contributed by atoms with E-state index in [1.807, 2.05) is 19.9 Å². The second-order valence-corrected chi connectivity index (χ2v) is 5.96. The first-order valence-corrected chi connectivity index (χ1v) is 7.22. The number of hydrogen-bond acceptors (Lipinski definition) is 5. The average Bonchev–Trinajstić information content (AvgIpc) is 2.66. The van der Waals surface area contributed by atoms with E-state index in [0.717, 1.165) is 16.1 Å². The van der Waals surface area contributed by atoms with Crippen LogP contribution in [0.15, 0.2) is 16.9 Å². The molecule has 1 aromatic carbocycles. The van der Waals surface area contributed by atoms with Gasteiger partial charge in [0.15, 0.2) is 11.5 Å². The molecule has 0 unspecified atom stereocenters. The molecule has 2 N–H and O–H groups in total. The third-order valence-electron chi connectivity index (χ3n) is 3.51. The minimum absolute atomic E-state index is 0.0364. The largest absolute Gasteiger partial charge is 0.486 e. The number of nitrogens with zero attached hydrogens (tertiary/aromatic N) is 1. The van der Waals surface area contributed by atoms with Crippen LogP contribution in [-0.4, -0.2) is 17.8 Å². The van der Waals surface area contributed by atoms with Crippen molar-refractivity contribution in [2.45, 2.75) is 20.4 Å². The van der Waals surface area contributed by atoms with Crippen molar-refractivity contribution < 1.29 is 9.47 Å². The number of nitrogens with two attached hydrogens (primary N) is 1. The zero-order valence-corrected chi connectivity index (χ0v) is 12.3. The number of nitrogen functional groups attached to an aromatic ring is 1. The molecule has 0 bridgehead atoms. The maximum absolute atomic E-state index is 11.9. The number of aromatic nitrogens is 1. The molecule has 3 rings (SSSR count). The second-order valence-electron chi connectivity index (χ2n) is 4.79. The number of ether oxygens (including phenoxy) is 2. The van der Waals surface area contributed by atoms with Crippen LogP contribution >= 0.6 is 11.3 Å². The van der Waals surface area contributed by atoms with Crippen LogP contribution in [0.4, 0.5) is 5.69 Å². The summed E-state index contributed by atoms with van der Waals surface area (Å²) in [5, 5.41) is 0. The van der Waals surface area contributed by atoms with E-state index in [-0.39, 0.29) is 4.87 Å². The van der Waals surface area contributed by atoms with Gasteiger partial charge >= 0.3 is 4.87 Å². The van der Waals surface area contributed by atoms with Crippen molar-refractivity contribution in [3.05, 3.63) is 37.9 Å². The topological polar surface area (TPSA) is 66.5 Å². The Morgan fingerprint density at radius 3 is 2.50 bits per heavy atom. The lowest BCUT2D eigenvalue weighted by Crippen LogP contribution is -2.18. The van der Waals surface area contributed by atoms with Crippen molar-refractivity contribution in [2.24, 2.45) is 0 Å². The number of hydrogen-bond donors (Lipinski definition) is 1. The van der Waals surface area contributed by atoms with E-state index in [4.69, 9.17) is 15.2 Å². The molecule has 0 spiro atoms. The van der Waals surface area contributed by atoms with Crippen LogP contribution in [0.5, 0.6) is 11.5 Å². The van der Waals surface area contributed by atoms with E-state index in [1.54, 1.807) is 10.6 Å². The van der Waals surface area contributed by atoms with Crippen LogP contribution in [-0.2, 0) is 6.54 Å². The van der Waals surface area contributed by atoms with E-state index in [2.05, 4.69) is 0 Å². The van der Waals surface area contributed by atoms with Crippen molar-refractivity contribution in [3.63, 3.8) is 0 Å². The fourth-order valence-electron chi connectivity index (χ4n) is 2.22. The molecule has 0 fully saturated rings. The minimum atomic E-state index is 0.0364. The first-order valence-electron chi connectivity index (χ1n) is 6.41. The fourth-order valence-corrected chi connectivity index (χ4v) is 3.06. The van der Waals surface area contributed by atoms with Crippen LogP contribution < -0.4 is 20.1 Å². The summed E-state index contributed by atoms with van der Waals surface area (Å²) in [6.07, 6.45) is 0. The average molecular weight is 292 g/mol. The van der Waals surface area contributed by atoms with Crippen molar-refractivity contribution in [2.75, 3.05) is 18.9 Å². The van der Waals surface area contributed by atoms with E-state index < -0.39 is 0 Å². The van der Waals surface area contributed by atoms with Crippen LogP contribution in [0.2, 0.25) is 0 Å². The zero-order valence-electron chi connectivity index (χ0n) is 11.4. The van der Waals surface area contributed by atoms with E-state index in [9.17, 15) is 4.79 Å². The Hall–Kier alpha value is -1.95. The van der Waals surface area contributed by atoms with Gasteiger partial charge in [-0.2, -0.15) is 0 Å². The number of anilines is 1. The van der Waals surface area contributed by atoms with Crippen molar-refractivity contribution in [3.8, 4) is 11.5 Å². The predicted octanol–water partition coefficient (Wildman–Crippen LogP) is 1.93. The number of rotatable bonds is 2. The van der Waals surface area contributed by atoms with Gasteiger partial charge in [-0.1, -0.05) is 11.3 Å². The third-order valence-corrected chi connectivity index (χ3v) is 4.50. The molecule has 1 aliphatic heterocycles. The normalized spacial score (nSPS) is 13.5. The quantitative estimate of drug-likeness (QED) is 0.859. The molecule has 1 aliphatic rings. The molecule has 2 aromatic rings. The Bertz CT molecular complexity index is 718. The smallest absolute Gasteiger partial charge is 0.307 e. The number of fused-ring (bicyclic) bond motifs is 1. The molecule has 0 saturated carbocycles. The highest BCUT2D eigenvalue weighted by atomic mass is 32.1. The lowest BCUT2D eigenvalue weighted by atomic mass is 10.1. The third kappa shape index (κ3) is 2.16. The molecular weight excluding hydrogens is 276 g/mol. The first-order chi connectivity index (χ1) is 9.56. The van der Waals surface area contributed by atoms with Crippen molar-refractivity contribution in [1.82, 2.24) is 4.57 Å². The molecule has 0 amide bonds. The van der Waals surface area contributed by atoms with Gasteiger partial charge in [-0.25, -0.2) is 0 Å². The van der Waals surface area contributed by atoms with Gasteiger partial charge in [0.2, 0.25) is 0 Å². The summed E-state index contributed by atoms with van der Waals surface area (Å²) in [5.74, 6) is 1.36. The Balaban J connectivity index is 2.00. The van der Waals surface area contributed by atoms with Gasteiger partial charge in [0, 0.05) is 22.3 Å². The Labute approximate surface area is 120 Å². The molecule has 20 heavy (non-hydrogen) atoms. The van der Waals surface area contributed by atoms with Crippen LogP contribution in [0.1, 0.15) is 16.1 Å². The monoisotopic (exact) mass is 292 g/mol. The van der Waals surface area contributed by atoms with E-state index in [1.165, 1.54) is 11.3 Å². The summed E-state index contributed by atoms with van der Waals surface area (Å²) < 4.78 is 12.8. The van der Waals surface area contributed by atoms with Gasteiger partial charge in [-0.05, 0) is 25.5 Å². The molecule has 1 aromatic heterocycles. The fraction of sp³-hybridized carbons (Fsp3) is 0.357. The van der Waals surface area contributed by atoms with Crippen molar-refractivity contribution >= 4 is 17.0 Å². The molecule has 106 valence electrons. The van der Waals surface area contributed by atoms with Gasteiger partial charge in [0.25, 0.3) is 0 Å².